The Hall–Kier alpha value is 0.160. The van der Waals surface area contributed by atoms with Crippen molar-refractivity contribution >= 4 is 3.91 Å². The number of hydrogen-bond acceptors (Lipinski definition) is 2. The zero-order valence-electron chi connectivity index (χ0n) is 6.51. The molecule has 3 nitrogen and oxygen atoms in total. The van der Waals surface area contributed by atoms with E-state index in [-0.39, 0.29) is 21.2 Å². The van der Waals surface area contributed by atoms with Crippen LogP contribution in [0.4, 0.5) is 4.79 Å². The first-order chi connectivity index (χ1) is 5.31. The monoisotopic (exact) mass is 267 g/mol. The maximum atomic E-state index is 11.4. The minimum absolute atomic E-state index is 0.222. The van der Waals surface area contributed by atoms with Gasteiger partial charge in [0.25, 0.3) is 0 Å². The predicted octanol–water partition coefficient (Wildman–Crippen LogP) is -3.13. The van der Waals surface area contributed by atoms with Crippen LogP contribution in [0.2, 0.25) is 0 Å². The van der Waals surface area contributed by atoms with E-state index >= 15 is 0 Å². The number of fused-ring (bicyclic) bond motifs is 2. The van der Waals surface area contributed by atoms with E-state index in [0.717, 1.165) is 13.1 Å². The van der Waals surface area contributed by atoms with Crippen molar-refractivity contribution in [3.05, 3.63) is 0 Å². The van der Waals surface area contributed by atoms with Gasteiger partial charge >= 0.3 is 76.7 Å². The number of halogens is 1. The Morgan fingerprint density at radius 3 is 3.00 bits per heavy atom. The summed E-state index contributed by atoms with van der Waals surface area (Å²) >= 11 is -0.222. The summed E-state index contributed by atoms with van der Waals surface area (Å²) in [5.74, 6) is 0. The van der Waals surface area contributed by atoms with Crippen molar-refractivity contribution < 1.29 is 26.0 Å². The second-order valence-electron chi connectivity index (χ2n) is 3.09. The molecule has 0 aromatic heterocycles. The fourth-order valence-electron chi connectivity index (χ4n) is 1.88. The first-order valence-electron chi connectivity index (χ1n) is 3.84. The van der Waals surface area contributed by atoms with Crippen LogP contribution >= 0.6 is 0 Å². The van der Waals surface area contributed by atoms with Gasteiger partial charge in [-0.2, -0.15) is 0 Å². The fraction of sp³-hybridized carbons (Fsp3) is 0.857. The summed E-state index contributed by atoms with van der Waals surface area (Å²) in [6.45, 7) is 2.00. The van der Waals surface area contributed by atoms with Crippen molar-refractivity contribution in [3.8, 4) is 0 Å². The van der Waals surface area contributed by atoms with Crippen LogP contribution < -0.4 is 26.5 Å². The number of amides is 1. The molecule has 2 saturated heterocycles. The molecule has 0 aromatic rings. The molecule has 0 saturated carbocycles. The quantitative estimate of drug-likeness (QED) is 0.236. The Morgan fingerprint density at radius 1 is 1.73 bits per heavy atom. The zero-order valence-corrected chi connectivity index (χ0v) is 8.67. The molecule has 0 aliphatic carbocycles. The number of hydrogen-bond donors (Lipinski definition) is 1. The number of rotatable bonds is 1. The van der Waals surface area contributed by atoms with Crippen molar-refractivity contribution in [3.63, 3.8) is 0 Å². The maximum absolute atomic E-state index is 11.4. The molecule has 2 atom stereocenters. The van der Waals surface area contributed by atoms with Crippen molar-refractivity contribution in [2.45, 2.75) is 18.5 Å². The molecule has 0 aromatic carbocycles. The van der Waals surface area contributed by atoms with Crippen LogP contribution in [0.5, 0.6) is 0 Å². The van der Waals surface area contributed by atoms with E-state index in [1.54, 1.807) is 0 Å². The van der Waals surface area contributed by atoms with E-state index in [4.69, 9.17) is 0 Å². The molecular formula is C7H12IN2O-. The third-order valence-corrected chi connectivity index (χ3v) is 3.99. The average molecular weight is 267 g/mol. The Morgan fingerprint density at radius 2 is 2.55 bits per heavy atom. The summed E-state index contributed by atoms with van der Waals surface area (Å²) in [4.78, 5) is 15.5. The molecule has 1 amide bonds. The van der Waals surface area contributed by atoms with Gasteiger partial charge in [-0.3, -0.25) is 0 Å². The van der Waals surface area contributed by atoms with Gasteiger partial charge in [-0.1, -0.05) is 0 Å². The molecule has 2 heterocycles. The SMILES string of the molecule is C[I-]C(=O)N1CC2CC1CN2. The van der Waals surface area contributed by atoms with Gasteiger partial charge in [0.05, 0.1) is 0 Å². The molecule has 4 heteroatoms. The standard InChI is InChI=1S/C7H12IN2O/c1-8-7(11)10-4-5-2-6(10)3-9-5/h5-6,9H,2-4H2,1H3/q-1. The summed E-state index contributed by atoms with van der Waals surface area (Å²) in [6.07, 6.45) is 1.19. The summed E-state index contributed by atoms with van der Waals surface area (Å²) in [5, 5.41) is 3.38. The zero-order chi connectivity index (χ0) is 7.84. The normalized spacial score (nSPS) is 35.2. The summed E-state index contributed by atoms with van der Waals surface area (Å²) in [5.41, 5.74) is 0. The van der Waals surface area contributed by atoms with E-state index in [2.05, 4.69) is 10.2 Å². The van der Waals surface area contributed by atoms with Crippen molar-refractivity contribution in [1.82, 2.24) is 10.2 Å². The topological polar surface area (TPSA) is 32.3 Å². The second kappa shape index (κ2) is 2.90. The van der Waals surface area contributed by atoms with E-state index < -0.39 is 0 Å². The van der Waals surface area contributed by atoms with Gasteiger partial charge in [-0.25, -0.2) is 0 Å². The minimum atomic E-state index is -0.222. The van der Waals surface area contributed by atoms with Crippen LogP contribution in [0, 0.1) is 0 Å². The molecule has 2 unspecified atom stereocenters. The van der Waals surface area contributed by atoms with Crippen molar-refractivity contribution in [2.24, 2.45) is 0 Å². The number of carbonyl (C=O) groups excluding carboxylic acids is 1. The molecule has 2 aliphatic heterocycles. The van der Waals surface area contributed by atoms with E-state index in [9.17, 15) is 4.79 Å². The van der Waals surface area contributed by atoms with Crippen LogP contribution in [-0.4, -0.2) is 38.9 Å². The Balaban J connectivity index is 2.02. The number of alkyl halides is 1. The molecule has 2 fully saturated rings. The first kappa shape index (κ1) is 7.79. The van der Waals surface area contributed by atoms with Crippen LogP contribution in [0.1, 0.15) is 6.42 Å². The van der Waals surface area contributed by atoms with E-state index in [1.807, 2.05) is 4.93 Å². The summed E-state index contributed by atoms with van der Waals surface area (Å²) in [6, 6.07) is 1.15. The third kappa shape index (κ3) is 1.26. The third-order valence-electron chi connectivity index (χ3n) is 2.44. The Bertz CT molecular complexity index is 185. The molecule has 64 valence electrons. The Kier molecular flexibility index (Phi) is 2.05. The number of piperazine rings is 1. The number of nitrogens with one attached hydrogen (secondary N) is 1. The second-order valence-corrected chi connectivity index (χ2v) is 5.09. The van der Waals surface area contributed by atoms with Crippen LogP contribution in [-0.2, 0) is 0 Å². The summed E-state index contributed by atoms with van der Waals surface area (Å²) < 4.78 is 0.429. The molecule has 0 spiro atoms. The fourth-order valence-corrected chi connectivity index (χ4v) is 3.10. The van der Waals surface area contributed by atoms with Gasteiger partial charge in [0.2, 0.25) is 0 Å². The number of nitrogens with zero attached hydrogens (tertiary/aromatic N) is 1. The first-order valence-corrected chi connectivity index (χ1v) is 7.08. The molecule has 1 N–H and O–H groups in total. The van der Waals surface area contributed by atoms with Gasteiger partial charge in [0.1, 0.15) is 0 Å². The van der Waals surface area contributed by atoms with Crippen LogP contribution in [0.15, 0.2) is 0 Å². The predicted molar refractivity (Wildman–Crippen MR) is 38.2 cm³/mol. The van der Waals surface area contributed by atoms with E-state index in [1.165, 1.54) is 6.42 Å². The molecule has 2 rings (SSSR count). The van der Waals surface area contributed by atoms with Gasteiger partial charge < -0.3 is 0 Å². The molecule has 0 radical (unpaired) electrons. The molecule has 11 heavy (non-hydrogen) atoms. The van der Waals surface area contributed by atoms with Crippen molar-refractivity contribution in [1.29, 1.82) is 0 Å². The number of likely N-dealkylation sites (tertiary alicyclic amines) is 1. The average Bonchev–Trinajstić information content (AvgIpc) is 2.62. The molecule has 2 bridgehead atoms. The Labute approximate surface area is 76.8 Å². The van der Waals surface area contributed by atoms with E-state index in [0.29, 0.717) is 16.0 Å². The van der Waals surface area contributed by atoms with Gasteiger partial charge in [-0.05, 0) is 0 Å². The van der Waals surface area contributed by atoms with Crippen molar-refractivity contribution in [2.75, 3.05) is 18.0 Å². The molecule has 2 aliphatic rings. The van der Waals surface area contributed by atoms with Gasteiger partial charge in [0.15, 0.2) is 0 Å². The van der Waals surface area contributed by atoms with Gasteiger partial charge in [0, 0.05) is 0 Å². The van der Waals surface area contributed by atoms with Crippen LogP contribution in [0.3, 0.4) is 0 Å². The number of carbonyl (C=O) groups is 1. The van der Waals surface area contributed by atoms with Crippen LogP contribution in [0.25, 0.3) is 0 Å². The van der Waals surface area contributed by atoms with Gasteiger partial charge in [-0.15, -0.1) is 0 Å². The summed E-state index contributed by atoms with van der Waals surface area (Å²) in [7, 11) is 0. The molecular weight excluding hydrogens is 255 g/mol.